The van der Waals surface area contributed by atoms with Crippen LogP contribution >= 0.6 is 0 Å². The highest BCUT2D eigenvalue weighted by atomic mass is 19.1. The number of benzene rings is 1. The van der Waals surface area contributed by atoms with Gasteiger partial charge in [0.05, 0.1) is 5.69 Å². The Morgan fingerprint density at radius 2 is 1.86 bits per heavy atom. The molecule has 0 aliphatic carbocycles. The summed E-state index contributed by atoms with van der Waals surface area (Å²) in [5, 5.41) is 8.89. The molecule has 0 spiro atoms. The highest BCUT2D eigenvalue weighted by molar-refractivity contribution is 5.95. The molecule has 1 aromatic heterocycles. The van der Waals surface area contributed by atoms with Crippen LogP contribution in [0.1, 0.15) is 27.2 Å². The van der Waals surface area contributed by atoms with Crippen LogP contribution in [0.15, 0.2) is 29.1 Å². The molecule has 1 aromatic carbocycles. The lowest BCUT2D eigenvalue weighted by Crippen LogP contribution is -2.26. The zero-order valence-corrected chi connectivity index (χ0v) is 13.0. The lowest BCUT2D eigenvalue weighted by atomic mass is 10.1. The van der Waals surface area contributed by atoms with Crippen molar-refractivity contribution >= 4 is 11.7 Å². The molecule has 22 heavy (non-hydrogen) atoms. The van der Waals surface area contributed by atoms with Crippen LogP contribution in [0.4, 0.5) is 10.1 Å². The number of hydrogen-bond acceptors (Lipinski definition) is 3. The van der Waals surface area contributed by atoms with Gasteiger partial charge in [0.25, 0.3) is 5.56 Å². The van der Waals surface area contributed by atoms with Crippen LogP contribution in [0.3, 0.4) is 0 Å². The number of carboxylic acid groups (broad SMARTS) is 1. The second kappa shape index (κ2) is 6.89. The Morgan fingerprint density at radius 3 is 2.27 bits per heavy atom. The van der Waals surface area contributed by atoms with E-state index in [1.54, 1.807) is 13.0 Å². The van der Waals surface area contributed by atoms with Crippen LogP contribution in [-0.4, -0.2) is 15.6 Å². The van der Waals surface area contributed by atoms with Crippen LogP contribution in [0.5, 0.6) is 0 Å². The van der Waals surface area contributed by atoms with Gasteiger partial charge in [0.2, 0.25) is 0 Å². The third kappa shape index (κ3) is 3.72. The zero-order chi connectivity index (χ0) is 17.0. The van der Waals surface area contributed by atoms with Crippen molar-refractivity contribution in [2.75, 3.05) is 5.73 Å². The second-order valence-corrected chi connectivity index (χ2v) is 4.97. The van der Waals surface area contributed by atoms with Gasteiger partial charge < -0.3 is 15.4 Å². The lowest BCUT2D eigenvalue weighted by molar-refractivity contribution is 0.0696. The Hall–Kier alpha value is -2.63. The molecule has 2 aromatic rings. The van der Waals surface area contributed by atoms with Gasteiger partial charge >= 0.3 is 5.97 Å². The number of aryl methyl sites for hydroxylation is 1. The number of carboxylic acids is 1. The van der Waals surface area contributed by atoms with Crippen LogP contribution in [0.25, 0.3) is 0 Å². The van der Waals surface area contributed by atoms with Crippen molar-refractivity contribution in [2.45, 2.75) is 20.8 Å². The number of rotatable bonds is 1. The molecule has 0 fully saturated rings. The monoisotopic (exact) mass is 306 g/mol. The van der Waals surface area contributed by atoms with E-state index in [1.807, 2.05) is 13.0 Å². The van der Waals surface area contributed by atoms with Crippen molar-refractivity contribution in [3.05, 3.63) is 62.8 Å². The molecule has 0 unspecified atom stereocenters. The first kappa shape index (κ1) is 17.4. The fourth-order valence-corrected chi connectivity index (χ4v) is 1.94. The first-order valence-electron chi connectivity index (χ1n) is 6.58. The number of pyridine rings is 1. The van der Waals surface area contributed by atoms with Crippen molar-refractivity contribution in [1.29, 1.82) is 0 Å². The first-order valence-corrected chi connectivity index (χ1v) is 6.58. The number of nitrogens with two attached hydrogens (primary N) is 1. The van der Waals surface area contributed by atoms with Crippen molar-refractivity contribution in [3.8, 4) is 0 Å². The SMILES string of the molecule is Cc1c(N)c(C(=O)O)c(C)n(C)c1=O.Cc1cccc(F)c1. The normalized spacial score (nSPS) is 9.86. The quantitative estimate of drug-likeness (QED) is 0.847. The predicted molar refractivity (Wildman–Crippen MR) is 83.7 cm³/mol. The molecule has 0 amide bonds. The lowest BCUT2D eigenvalue weighted by Gasteiger charge is -2.11. The van der Waals surface area contributed by atoms with Crippen LogP contribution in [0.2, 0.25) is 0 Å². The van der Waals surface area contributed by atoms with Crippen LogP contribution in [-0.2, 0) is 7.05 Å². The van der Waals surface area contributed by atoms with E-state index in [2.05, 4.69) is 0 Å². The standard InChI is InChI=1S/C9H12N2O3.C7H7F/c1-4-7(10)6(9(13)14)5(2)11(3)8(4)12;1-6-3-2-4-7(8)5-6/h10H2,1-3H3,(H,13,14);2-5H,1H3. The van der Waals surface area contributed by atoms with Crippen molar-refractivity contribution in [2.24, 2.45) is 7.05 Å². The molecule has 0 saturated carbocycles. The topological polar surface area (TPSA) is 85.3 Å². The highest BCUT2D eigenvalue weighted by Crippen LogP contribution is 2.17. The van der Waals surface area contributed by atoms with E-state index >= 15 is 0 Å². The number of hydrogen-bond donors (Lipinski definition) is 2. The minimum absolute atomic E-state index is 0.00426. The van der Waals surface area contributed by atoms with E-state index in [4.69, 9.17) is 10.8 Å². The number of anilines is 1. The van der Waals surface area contributed by atoms with Gasteiger partial charge in [-0.15, -0.1) is 0 Å². The van der Waals surface area contributed by atoms with E-state index in [9.17, 15) is 14.0 Å². The van der Waals surface area contributed by atoms with E-state index < -0.39 is 5.97 Å². The Bertz CT molecular complexity index is 717. The fraction of sp³-hybridized carbons (Fsp3) is 0.250. The smallest absolute Gasteiger partial charge is 0.339 e. The second-order valence-electron chi connectivity index (χ2n) is 4.97. The Morgan fingerprint density at radius 1 is 1.27 bits per heavy atom. The van der Waals surface area contributed by atoms with Crippen molar-refractivity contribution in [3.63, 3.8) is 0 Å². The van der Waals surface area contributed by atoms with E-state index in [0.717, 1.165) is 5.56 Å². The van der Waals surface area contributed by atoms with Crippen molar-refractivity contribution < 1.29 is 14.3 Å². The molecule has 6 heteroatoms. The summed E-state index contributed by atoms with van der Waals surface area (Å²) in [6, 6.07) is 6.50. The summed E-state index contributed by atoms with van der Waals surface area (Å²) < 4.78 is 13.5. The number of halogens is 1. The summed E-state index contributed by atoms with van der Waals surface area (Å²) in [5.41, 5.74) is 6.96. The van der Waals surface area contributed by atoms with Crippen molar-refractivity contribution in [1.82, 2.24) is 4.57 Å². The largest absolute Gasteiger partial charge is 0.478 e. The van der Waals surface area contributed by atoms with Crippen LogP contribution in [0, 0.1) is 26.6 Å². The van der Waals surface area contributed by atoms with Crippen LogP contribution < -0.4 is 11.3 Å². The van der Waals surface area contributed by atoms with Gasteiger partial charge in [0, 0.05) is 18.3 Å². The van der Waals surface area contributed by atoms with Gasteiger partial charge in [-0.25, -0.2) is 9.18 Å². The molecule has 0 aliphatic rings. The minimum atomic E-state index is -1.11. The van der Waals surface area contributed by atoms with Gasteiger partial charge in [0.1, 0.15) is 11.4 Å². The maximum absolute atomic E-state index is 12.2. The zero-order valence-electron chi connectivity index (χ0n) is 13.0. The van der Waals surface area contributed by atoms with E-state index in [0.29, 0.717) is 5.69 Å². The molecule has 2 rings (SSSR count). The summed E-state index contributed by atoms with van der Waals surface area (Å²) in [6.07, 6.45) is 0. The van der Waals surface area contributed by atoms with Gasteiger partial charge in [-0.3, -0.25) is 4.79 Å². The minimum Gasteiger partial charge on any atom is -0.478 e. The predicted octanol–water partition coefficient (Wildman–Crippen LogP) is 2.42. The molecule has 0 bridgehead atoms. The molecule has 1 heterocycles. The molecule has 0 saturated heterocycles. The Labute approximate surface area is 127 Å². The number of nitrogens with zero attached hydrogens (tertiary/aromatic N) is 1. The Balaban J connectivity index is 0.000000255. The molecule has 3 N–H and O–H groups in total. The van der Waals surface area contributed by atoms with Gasteiger partial charge in [-0.1, -0.05) is 12.1 Å². The molecule has 5 nitrogen and oxygen atoms in total. The summed E-state index contributed by atoms with van der Waals surface area (Å²) in [4.78, 5) is 22.3. The fourth-order valence-electron chi connectivity index (χ4n) is 1.94. The number of carbonyl (C=O) groups is 1. The Kier molecular flexibility index (Phi) is 5.45. The number of aromatic carboxylic acids is 1. The average Bonchev–Trinajstić information content (AvgIpc) is 2.43. The molecule has 118 valence electrons. The van der Waals surface area contributed by atoms with Gasteiger partial charge in [0.15, 0.2) is 0 Å². The average molecular weight is 306 g/mol. The maximum Gasteiger partial charge on any atom is 0.339 e. The van der Waals surface area contributed by atoms with E-state index in [-0.39, 0.29) is 28.2 Å². The third-order valence-electron chi connectivity index (χ3n) is 3.36. The van der Waals surface area contributed by atoms with E-state index in [1.165, 1.54) is 30.7 Å². The summed E-state index contributed by atoms with van der Waals surface area (Å²) in [5.74, 6) is -1.27. The van der Waals surface area contributed by atoms with Gasteiger partial charge in [-0.05, 0) is 38.5 Å². The molecule has 0 atom stereocenters. The maximum atomic E-state index is 12.2. The molecule has 0 aliphatic heterocycles. The molecular formula is C16H19FN2O3. The molecular weight excluding hydrogens is 287 g/mol. The number of nitrogen functional groups attached to an aromatic ring is 1. The first-order chi connectivity index (χ1) is 10.2. The molecule has 0 radical (unpaired) electrons. The summed E-state index contributed by atoms with van der Waals surface area (Å²) >= 11 is 0. The number of aromatic nitrogens is 1. The van der Waals surface area contributed by atoms with Gasteiger partial charge in [-0.2, -0.15) is 0 Å². The summed E-state index contributed by atoms with van der Waals surface area (Å²) in [7, 11) is 1.52. The third-order valence-corrected chi connectivity index (χ3v) is 3.36. The highest BCUT2D eigenvalue weighted by Gasteiger charge is 2.17. The summed E-state index contributed by atoms with van der Waals surface area (Å²) in [6.45, 7) is 4.94.